The maximum absolute atomic E-state index is 11.6. The molecule has 3 rings (SSSR count). The zero-order valence-corrected chi connectivity index (χ0v) is 11.6. The number of carbonyl (C=O) groups is 1. The average Bonchev–Trinajstić information content (AvgIpc) is 3.07. The largest absolute Gasteiger partial charge is 0.480 e. The molecule has 0 spiro atoms. The van der Waals surface area contributed by atoms with Gasteiger partial charge in [-0.1, -0.05) is 18.2 Å². The second-order valence-corrected chi connectivity index (χ2v) is 4.94. The molecule has 108 valence electrons. The van der Waals surface area contributed by atoms with E-state index in [9.17, 15) is 9.90 Å². The Morgan fingerprint density at radius 3 is 2.86 bits per heavy atom. The summed E-state index contributed by atoms with van der Waals surface area (Å²) >= 11 is 0. The Kier molecular flexibility index (Phi) is 3.50. The van der Waals surface area contributed by atoms with Gasteiger partial charge < -0.3 is 14.5 Å². The molecular weight excluding hydrogens is 268 g/mol. The normalized spacial score (nSPS) is 12.6. The smallest absolute Gasteiger partial charge is 0.325 e. The Hall–Kier alpha value is -2.53. The van der Waals surface area contributed by atoms with Crippen LogP contribution in [-0.4, -0.2) is 16.1 Å². The third-order valence-electron chi connectivity index (χ3n) is 3.54. The number of carboxylic acid groups (broad SMARTS) is 1. The van der Waals surface area contributed by atoms with Gasteiger partial charge in [0.05, 0.1) is 12.8 Å². The highest BCUT2D eigenvalue weighted by Crippen LogP contribution is 2.28. The van der Waals surface area contributed by atoms with Crippen LogP contribution in [0.15, 0.2) is 47.1 Å². The van der Waals surface area contributed by atoms with E-state index in [0.717, 1.165) is 22.2 Å². The van der Waals surface area contributed by atoms with Crippen LogP contribution >= 0.6 is 0 Å². The molecule has 3 aromatic rings. The molecule has 3 N–H and O–H groups in total. The second-order valence-electron chi connectivity index (χ2n) is 4.94. The summed E-state index contributed by atoms with van der Waals surface area (Å²) in [5, 5.41) is 13.5. The lowest BCUT2D eigenvalue weighted by Gasteiger charge is -2.14. The first-order valence-corrected chi connectivity index (χ1v) is 6.72. The van der Waals surface area contributed by atoms with Gasteiger partial charge in [-0.3, -0.25) is 10.1 Å². The van der Waals surface area contributed by atoms with Crippen molar-refractivity contribution in [3.8, 4) is 0 Å². The highest BCUT2D eigenvalue weighted by Gasteiger charge is 2.25. The molecule has 2 aromatic heterocycles. The van der Waals surface area contributed by atoms with Gasteiger partial charge in [0.1, 0.15) is 11.8 Å². The number of aromatic nitrogens is 1. The fraction of sp³-hybridized carbons (Fsp3) is 0.188. The summed E-state index contributed by atoms with van der Waals surface area (Å²) in [7, 11) is 0. The maximum atomic E-state index is 11.6. The molecule has 0 radical (unpaired) electrons. The van der Waals surface area contributed by atoms with Crippen molar-refractivity contribution in [3.05, 3.63) is 59.7 Å². The molecule has 0 fully saturated rings. The first kappa shape index (κ1) is 13.5. The molecular formula is C16H16N2O3. The first-order chi connectivity index (χ1) is 10.2. The molecule has 21 heavy (non-hydrogen) atoms. The van der Waals surface area contributed by atoms with E-state index in [2.05, 4.69) is 10.3 Å². The highest BCUT2D eigenvalue weighted by atomic mass is 16.4. The Labute approximate surface area is 121 Å². The summed E-state index contributed by atoms with van der Waals surface area (Å²) in [6.07, 6.45) is 1.57. The molecule has 0 saturated carbocycles. The number of aliphatic carboxylic acids is 1. The minimum absolute atomic E-state index is 0.364. The number of carboxylic acids is 1. The Bertz CT molecular complexity index is 759. The van der Waals surface area contributed by atoms with Crippen LogP contribution < -0.4 is 5.32 Å². The Balaban J connectivity index is 1.95. The van der Waals surface area contributed by atoms with Crippen molar-refractivity contribution in [1.82, 2.24) is 10.3 Å². The average molecular weight is 284 g/mol. The number of hydrogen-bond donors (Lipinski definition) is 3. The number of aryl methyl sites for hydroxylation is 1. The van der Waals surface area contributed by atoms with Crippen molar-refractivity contribution < 1.29 is 14.3 Å². The topological polar surface area (TPSA) is 78.3 Å². The standard InChI is InChI=1S/C16H16N2O3/c1-10-14(12-6-2-3-7-13(12)18-10)15(16(19)20)17-9-11-5-4-8-21-11/h2-8,15,17-18H,9H2,1H3,(H,19,20). The SMILES string of the molecule is Cc1[nH]c2ccccc2c1C(NCc1ccco1)C(=O)O. The van der Waals surface area contributed by atoms with Crippen LogP contribution in [-0.2, 0) is 11.3 Å². The van der Waals surface area contributed by atoms with Crippen LogP contribution in [0.3, 0.4) is 0 Å². The van der Waals surface area contributed by atoms with Gasteiger partial charge in [-0.2, -0.15) is 0 Å². The van der Waals surface area contributed by atoms with Crippen molar-refractivity contribution in [2.75, 3.05) is 0 Å². The lowest BCUT2D eigenvalue weighted by Crippen LogP contribution is -2.28. The molecule has 1 unspecified atom stereocenters. The summed E-state index contributed by atoms with van der Waals surface area (Å²) in [4.78, 5) is 14.9. The number of H-pyrrole nitrogens is 1. The van der Waals surface area contributed by atoms with Gasteiger partial charge >= 0.3 is 5.97 Å². The summed E-state index contributed by atoms with van der Waals surface area (Å²) < 4.78 is 5.24. The molecule has 0 bridgehead atoms. The molecule has 0 aliphatic carbocycles. The minimum Gasteiger partial charge on any atom is -0.480 e. The van der Waals surface area contributed by atoms with E-state index in [0.29, 0.717) is 12.3 Å². The number of nitrogens with one attached hydrogen (secondary N) is 2. The van der Waals surface area contributed by atoms with E-state index in [1.165, 1.54) is 0 Å². The number of aromatic amines is 1. The van der Waals surface area contributed by atoms with E-state index >= 15 is 0 Å². The van der Waals surface area contributed by atoms with Crippen LogP contribution in [0, 0.1) is 6.92 Å². The predicted molar refractivity (Wildman–Crippen MR) is 79.0 cm³/mol. The quantitative estimate of drug-likeness (QED) is 0.673. The van der Waals surface area contributed by atoms with Crippen LogP contribution in [0.1, 0.15) is 23.1 Å². The zero-order chi connectivity index (χ0) is 14.8. The Morgan fingerprint density at radius 1 is 1.33 bits per heavy atom. The lowest BCUT2D eigenvalue weighted by molar-refractivity contribution is -0.139. The number of para-hydroxylation sites is 1. The van der Waals surface area contributed by atoms with Gasteiger partial charge in [0, 0.05) is 22.2 Å². The molecule has 2 heterocycles. The molecule has 0 aliphatic rings. The summed E-state index contributed by atoms with van der Waals surface area (Å²) in [6.45, 7) is 2.25. The lowest BCUT2D eigenvalue weighted by atomic mass is 10.0. The molecule has 0 aliphatic heterocycles. The molecule has 0 saturated heterocycles. The Morgan fingerprint density at radius 2 is 2.14 bits per heavy atom. The number of benzene rings is 1. The summed E-state index contributed by atoms with van der Waals surface area (Å²) in [5.74, 6) is -0.201. The number of rotatable bonds is 5. The van der Waals surface area contributed by atoms with E-state index in [1.54, 1.807) is 12.3 Å². The van der Waals surface area contributed by atoms with Crippen LogP contribution in [0.2, 0.25) is 0 Å². The van der Waals surface area contributed by atoms with Gasteiger partial charge in [0.15, 0.2) is 0 Å². The van der Waals surface area contributed by atoms with E-state index in [4.69, 9.17) is 4.42 Å². The van der Waals surface area contributed by atoms with Gasteiger partial charge in [-0.25, -0.2) is 0 Å². The molecule has 1 atom stereocenters. The zero-order valence-electron chi connectivity index (χ0n) is 11.6. The third-order valence-corrected chi connectivity index (χ3v) is 3.54. The molecule has 5 heteroatoms. The third kappa shape index (κ3) is 2.55. The minimum atomic E-state index is -0.908. The number of hydrogen-bond acceptors (Lipinski definition) is 3. The van der Waals surface area contributed by atoms with Crippen molar-refractivity contribution in [1.29, 1.82) is 0 Å². The van der Waals surface area contributed by atoms with E-state index < -0.39 is 12.0 Å². The molecule has 5 nitrogen and oxygen atoms in total. The van der Waals surface area contributed by atoms with E-state index in [-0.39, 0.29) is 0 Å². The monoisotopic (exact) mass is 284 g/mol. The maximum Gasteiger partial charge on any atom is 0.325 e. The number of fused-ring (bicyclic) bond motifs is 1. The molecule has 0 amide bonds. The van der Waals surface area contributed by atoms with Crippen LogP contribution in [0.25, 0.3) is 10.9 Å². The van der Waals surface area contributed by atoms with Crippen molar-refractivity contribution in [2.24, 2.45) is 0 Å². The summed E-state index contributed by atoms with van der Waals surface area (Å²) in [5.41, 5.74) is 2.57. The second kappa shape index (κ2) is 5.46. The van der Waals surface area contributed by atoms with Gasteiger partial charge in [0.25, 0.3) is 0 Å². The van der Waals surface area contributed by atoms with Gasteiger partial charge in [0.2, 0.25) is 0 Å². The molecule has 1 aromatic carbocycles. The van der Waals surface area contributed by atoms with Crippen molar-refractivity contribution >= 4 is 16.9 Å². The number of furan rings is 1. The van der Waals surface area contributed by atoms with Gasteiger partial charge in [-0.15, -0.1) is 0 Å². The van der Waals surface area contributed by atoms with E-state index in [1.807, 2.05) is 37.3 Å². The van der Waals surface area contributed by atoms with Gasteiger partial charge in [-0.05, 0) is 25.1 Å². The highest BCUT2D eigenvalue weighted by molar-refractivity contribution is 5.90. The first-order valence-electron chi connectivity index (χ1n) is 6.72. The fourth-order valence-electron chi connectivity index (χ4n) is 2.60. The van der Waals surface area contributed by atoms with Crippen LogP contribution in [0.4, 0.5) is 0 Å². The fourth-order valence-corrected chi connectivity index (χ4v) is 2.60. The predicted octanol–water partition coefficient (Wildman–Crippen LogP) is 2.98. The van der Waals surface area contributed by atoms with Crippen LogP contribution in [0.5, 0.6) is 0 Å². The summed E-state index contributed by atoms with van der Waals surface area (Å²) in [6, 6.07) is 10.5. The van der Waals surface area contributed by atoms with Crippen molar-refractivity contribution in [3.63, 3.8) is 0 Å². The van der Waals surface area contributed by atoms with Crippen molar-refractivity contribution in [2.45, 2.75) is 19.5 Å².